The molecule has 1 saturated carbocycles. The Kier molecular flexibility index (Phi) is 6.42. The van der Waals surface area contributed by atoms with E-state index in [2.05, 4.69) is 38.2 Å². The van der Waals surface area contributed by atoms with Crippen LogP contribution in [0.1, 0.15) is 47.5 Å². The normalized spacial score (nSPS) is 28.5. The van der Waals surface area contributed by atoms with Gasteiger partial charge < -0.3 is 20.7 Å². The van der Waals surface area contributed by atoms with Gasteiger partial charge in [0.2, 0.25) is 5.91 Å². The first-order valence-electron chi connectivity index (χ1n) is 8.41. The molecule has 3 atom stereocenters. The van der Waals surface area contributed by atoms with Crippen LogP contribution in [0.3, 0.4) is 0 Å². The van der Waals surface area contributed by atoms with E-state index in [0.717, 1.165) is 6.42 Å². The molecule has 1 aliphatic rings. The number of carbonyl (C=O) groups is 1. The summed E-state index contributed by atoms with van der Waals surface area (Å²) >= 11 is 0. The van der Waals surface area contributed by atoms with Gasteiger partial charge in [0.05, 0.1) is 6.10 Å². The first-order valence-corrected chi connectivity index (χ1v) is 8.41. The molecule has 0 spiro atoms. The van der Waals surface area contributed by atoms with Crippen LogP contribution in [-0.4, -0.2) is 55.7 Å². The second kappa shape index (κ2) is 7.28. The summed E-state index contributed by atoms with van der Waals surface area (Å²) in [6.07, 6.45) is 1.71. The summed E-state index contributed by atoms with van der Waals surface area (Å²) in [7, 11) is 4.10. The van der Waals surface area contributed by atoms with Crippen molar-refractivity contribution in [2.75, 3.05) is 27.2 Å². The monoisotopic (exact) mass is 313 g/mol. The second-order valence-corrected chi connectivity index (χ2v) is 7.80. The van der Waals surface area contributed by atoms with Gasteiger partial charge in [0.1, 0.15) is 5.54 Å². The number of ether oxygens (including phenoxy) is 1. The number of rotatable bonds is 8. The fourth-order valence-corrected chi connectivity index (χ4v) is 3.21. The second-order valence-electron chi connectivity index (χ2n) is 7.80. The zero-order chi connectivity index (χ0) is 17.1. The van der Waals surface area contributed by atoms with Crippen molar-refractivity contribution in [1.82, 2.24) is 10.2 Å². The lowest BCUT2D eigenvalue weighted by Crippen LogP contribution is -2.76. The van der Waals surface area contributed by atoms with Gasteiger partial charge in [-0.05, 0) is 33.4 Å². The van der Waals surface area contributed by atoms with Gasteiger partial charge in [-0.2, -0.15) is 0 Å². The highest BCUT2D eigenvalue weighted by molar-refractivity contribution is 5.88. The number of hydrogen-bond donors (Lipinski definition) is 2. The quantitative estimate of drug-likeness (QED) is 0.714. The molecule has 1 fully saturated rings. The predicted molar refractivity (Wildman–Crippen MR) is 90.7 cm³/mol. The molecule has 0 aromatic rings. The summed E-state index contributed by atoms with van der Waals surface area (Å²) in [6.45, 7) is 11.7. The number of nitrogens with one attached hydrogen (secondary N) is 1. The van der Waals surface area contributed by atoms with Gasteiger partial charge >= 0.3 is 0 Å². The Morgan fingerprint density at radius 1 is 1.41 bits per heavy atom. The zero-order valence-corrected chi connectivity index (χ0v) is 15.4. The Bertz CT molecular complexity index is 382. The van der Waals surface area contributed by atoms with E-state index in [1.165, 1.54) is 0 Å². The van der Waals surface area contributed by atoms with Crippen molar-refractivity contribution in [2.45, 2.75) is 65.1 Å². The first-order chi connectivity index (χ1) is 10.1. The minimum absolute atomic E-state index is 0.0518. The third kappa shape index (κ3) is 3.81. The molecule has 5 heteroatoms. The zero-order valence-electron chi connectivity index (χ0n) is 15.4. The van der Waals surface area contributed by atoms with Crippen molar-refractivity contribution >= 4 is 5.91 Å². The fraction of sp³-hybridized carbons (Fsp3) is 0.941. The molecule has 0 aliphatic heterocycles. The van der Waals surface area contributed by atoms with Crippen molar-refractivity contribution in [3.63, 3.8) is 0 Å². The molecule has 5 nitrogen and oxygen atoms in total. The van der Waals surface area contributed by atoms with Crippen LogP contribution in [0.2, 0.25) is 0 Å². The van der Waals surface area contributed by atoms with Crippen LogP contribution in [0, 0.1) is 11.3 Å². The van der Waals surface area contributed by atoms with E-state index in [0.29, 0.717) is 31.5 Å². The summed E-state index contributed by atoms with van der Waals surface area (Å²) in [6, 6.07) is 0.332. The number of likely N-dealkylation sites (N-methyl/N-ethyl adjacent to an activating group) is 1. The minimum Gasteiger partial charge on any atom is -0.378 e. The Labute approximate surface area is 135 Å². The standard InChI is InChI=1S/C17H35N3O2/c1-8-22-14-10-17(18,16(14,4)5)15(21)19-11-13(20(6)7)9-12(2)3/h12-14H,8-11,18H2,1-7H3,(H,19,21). The maximum absolute atomic E-state index is 12.6. The van der Waals surface area contributed by atoms with E-state index >= 15 is 0 Å². The highest BCUT2D eigenvalue weighted by Gasteiger charge is 2.62. The maximum atomic E-state index is 12.6. The van der Waals surface area contributed by atoms with E-state index in [1.807, 2.05) is 20.8 Å². The van der Waals surface area contributed by atoms with Crippen molar-refractivity contribution < 1.29 is 9.53 Å². The van der Waals surface area contributed by atoms with Crippen LogP contribution < -0.4 is 11.1 Å². The van der Waals surface area contributed by atoms with E-state index in [-0.39, 0.29) is 17.4 Å². The molecule has 0 saturated heterocycles. The van der Waals surface area contributed by atoms with Gasteiger partial charge in [-0.25, -0.2) is 0 Å². The number of carbonyl (C=O) groups excluding carboxylic acids is 1. The molecular weight excluding hydrogens is 278 g/mol. The molecule has 3 N–H and O–H groups in total. The van der Waals surface area contributed by atoms with Gasteiger partial charge in [0.25, 0.3) is 0 Å². The molecule has 22 heavy (non-hydrogen) atoms. The maximum Gasteiger partial charge on any atom is 0.240 e. The van der Waals surface area contributed by atoms with E-state index in [4.69, 9.17) is 10.5 Å². The van der Waals surface area contributed by atoms with Crippen LogP contribution in [0.4, 0.5) is 0 Å². The third-order valence-electron chi connectivity index (χ3n) is 5.21. The number of amides is 1. The van der Waals surface area contributed by atoms with Crippen molar-refractivity contribution in [1.29, 1.82) is 0 Å². The van der Waals surface area contributed by atoms with Crippen molar-refractivity contribution in [3.8, 4) is 0 Å². The first kappa shape index (κ1) is 19.4. The molecular formula is C17H35N3O2. The van der Waals surface area contributed by atoms with E-state index in [1.54, 1.807) is 0 Å². The Hall–Kier alpha value is -0.650. The van der Waals surface area contributed by atoms with Gasteiger partial charge in [-0.1, -0.05) is 27.7 Å². The topological polar surface area (TPSA) is 67.6 Å². The summed E-state index contributed by atoms with van der Waals surface area (Å²) in [5.74, 6) is 0.544. The van der Waals surface area contributed by atoms with Crippen LogP contribution in [0.15, 0.2) is 0 Å². The predicted octanol–water partition coefficient (Wildman–Crippen LogP) is 1.61. The van der Waals surface area contributed by atoms with Gasteiger partial charge in [0.15, 0.2) is 0 Å². The Morgan fingerprint density at radius 2 is 2.00 bits per heavy atom. The molecule has 0 aromatic carbocycles. The highest BCUT2D eigenvalue weighted by atomic mass is 16.5. The van der Waals surface area contributed by atoms with Gasteiger partial charge in [-0.15, -0.1) is 0 Å². The van der Waals surface area contributed by atoms with Crippen LogP contribution in [0.25, 0.3) is 0 Å². The van der Waals surface area contributed by atoms with Gasteiger partial charge in [0, 0.05) is 31.0 Å². The average Bonchev–Trinajstić information content (AvgIpc) is 2.41. The SMILES string of the molecule is CCOC1CC(N)(C(=O)NCC(CC(C)C)N(C)C)C1(C)C. The number of nitrogens with two attached hydrogens (primary N) is 1. The van der Waals surface area contributed by atoms with Crippen LogP contribution in [-0.2, 0) is 9.53 Å². The fourth-order valence-electron chi connectivity index (χ4n) is 3.21. The highest BCUT2D eigenvalue weighted by Crippen LogP contribution is 2.49. The molecule has 130 valence electrons. The molecule has 1 rings (SSSR count). The Morgan fingerprint density at radius 3 is 2.41 bits per heavy atom. The van der Waals surface area contributed by atoms with Gasteiger partial charge in [-0.3, -0.25) is 4.79 Å². The average molecular weight is 313 g/mol. The lowest BCUT2D eigenvalue weighted by atomic mass is 9.54. The van der Waals surface area contributed by atoms with Crippen molar-refractivity contribution in [3.05, 3.63) is 0 Å². The summed E-state index contributed by atoms with van der Waals surface area (Å²) in [5, 5.41) is 3.07. The minimum atomic E-state index is -0.832. The third-order valence-corrected chi connectivity index (χ3v) is 5.21. The molecule has 1 aliphatic carbocycles. The smallest absolute Gasteiger partial charge is 0.240 e. The summed E-state index contributed by atoms with van der Waals surface area (Å²) < 4.78 is 5.69. The number of nitrogens with zero attached hydrogens (tertiary/aromatic N) is 1. The molecule has 0 bridgehead atoms. The molecule has 0 radical (unpaired) electrons. The summed E-state index contributed by atoms with van der Waals surface area (Å²) in [5.41, 5.74) is 5.24. The summed E-state index contributed by atoms with van der Waals surface area (Å²) in [4.78, 5) is 14.8. The molecule has 0 aromatic heterocycles. The Balaban J connectivity index is 2.61. The lowest BCUT2D eigenvalue weighted by Gasteiger charge is -2.57. The van der Waals surface area contributed by atoms with Crippen LogP contribution >= 0.6 is 0 Å². The van der Waals surface area contributed by atoms with E-state index < -0.39 is 5.54 Å². The largest absolute Gasteiger partial charge is 0.378 e. The number of hydrogen-bond acceptors (Lipinski definition) is 4. The molecule has 0 heterocycles. The molecule has 1 amide bonds. The van der Waals surface area contributed by atoms with Crippen molar-refractivity contribution in [2.24, 2.45) is 17.1 Å². The molecule has 3 unspecified atom stereocenters. The van der Waals surface area contributed by atoms with Crippen LogP contribution in [0.5, 0.6) is 0 Å². The van der Waals surface area contributed by atoms with E-state index in [9.17, 15) is 4.79 Å². The lowest BCUT2D eigenvalue weighted by molar-refractivity contribution is -0.170.